The van der Waals surface area contributed by atoms with Gasteiger partial charge in [0, 0.05) is 45.5 Å². The van der Waals surface area contributed by atoms with Crippen molar-refractivity contribution >= 4 is 15.8 Å². The molecule has 0 aromatic heterocycles. The van der Waals surface area contributed by atoms with E-state index in [9.17, 15) is 8.42 Å². The number of aliphatic imine (C=N–C) groups is 1. The molecule has 0 atom stereocenters. The highest BCUT2D eigenvalue weighted by Crippen LogP contribution is 2.11. The number of guanidine groups is 1. The van der Waals surface area contributed by atoms with Gasteiger partial charge in [0.15, 0.2) is 5.96 Å². The van der Waals surface area contributed by atoms with Crippen LogP contribution in [0.1, 0.15) is 19.8 Å². The molecule has 1 fully saturated rings. The van der Waals surface area contributed by atoms with Crippen molar-refractivity contribution < 1.29 is 13.2 Å². The first-order chi connectivity index (χ1) is 11.3. The van der Waals surface area contributed by atoms with Crippen LogP contribution in [0, 0.1) is 0 Å². The summed E-state index contributed by atoms with van der Waals surface area (Å²) >= 11 is 0. The maximum absolute atomic E-state index is 11.0. The predicted octanol–water partition coefficient (Wildman–Crippen LogP) is 0.253. The van der Waals surface area contributed by atoms with Crippen molar-refractivity contribution in [3.05, 3.63) is 12.2 Å². The molecule has 0 unspecified atom stereocenters. The van der Waals surface area contributed by atoms with Crippen LogP contribution in [0.2, 0.25) is 0 Å². The van der Waals surface area contributed by atoms with Crippen LogP contribution in [0.15, 0.2) is 17.1 Å². The van der Waals surface area contributed by atoms with E-state index in [2.05, 4.69) is 34.0 Å². The first-order valence-corrected chi connectivity index (χ1v) is 10.5. The van der Waals surface area contributed by atoms with Crippen molar-refractivity contribution in [1.82, 2.24) is 15.5 Å². The van der Waals surface area contributed by atoms with Crippen molar-refractivity contribution in [3.63, 3.8) is 0 Å². The zero-order valence-electron chi connectivity index (χ0n) is 15.2. The fourth-order valence-electron chi connectivity index (χ4n) is 2.56. The summed E-state index contributed by atoms with van der Waals surface area (Å²) in [6.45, 7) is 10.4. The van der Waals surface area contributed by atoms with Gasteiger partial charge in [-0.1, -0.05) is 12.2 Å². The molecule has 1 saturated heterocycles. The molecule has 1 aliphatic rings. The van der Waals surface area contributed by atoms with E-state index in [4.69, 9.17) is 4.74 Å². The minimum atomic E-state index is -2.95. The second-order valence-electron chi connectivity index (χ2n) is 6.39. The zero-order chi connectivity index (χ0) is 18.0. The Labute approximate surface area is 146 Å². The molecule has 0 aromatic carbocycles. The van der Waals surface area contributed by atoms with E-state index in [1.54, 1.807) is 7.05 Å². The highest BCUT2D eigenvalue weighted by Gasteiger charge is 2.19. The number of hydrogen-bond acceptors (Lipinski definition) is 5. The number of nitrogens with zero attached hydrogens (tertiary/aromatic N) is 2. The van der Waals surface area contributed by atoms with Crippen LogP contribution in [0.4, 0.5) is 0 Å². The Hall–Kier alpha value is -1.12. The summed E-state index contributed by atoms with van der Waals surface area (Å²) in [5, 5.41) is 6.63. The molecule has 1 rings (SSSR count). The lowest BCUT2D eigenvalue weighted by Gasteiger charge is -2.33. The van der Waals surface area contributed by atoms with Crippen molar-refractivity contribution in [3.8, 4) is 0 Å². The van der Waals surface area contributed by atoms with Gasteiger partial charge in [0.1, 0.15) is 9.84 Å². The molecular formula is C16H32N4O3S. The molecule has 2 N–H and O–H groups in total. The molecule has 0 radical (unpaired) electrons. The molecule has 0 bridgehead atoms. The quantitative estimate of drug-likeness (QED) is 0.265. The predicted molar refractivity (Wildman–Crippen MR) is 99.3 cm³/mol. The highest BCUT2D eigenvalue weighted by atomic mass is 32.2. The molecule has 24 heavy (non-hydrogen) atoms. The molecule has 0 spiro atoms. The lowest BCUT2D eigenvalue weighted by molar-refractivity contribution is 0.153. The fourth-order valence-corrected chi connectivity index (χ4v) is 2.98. The van der Waals surface area contributed by atoms with Gasteiger partial charge in [-0.05, 0) is 19.8 Å². The van der Waals surface area contributed by atoms with Gasteiger partial charge in [0.2, 0.25) is 0 Å². The highest BCUT2D eigenvalue weighted by molar-refractivity contribution is 7.90. The van der Waals surface area contributed by atoms with Crippen LogP contribution in [0.5, 0.6) is 0 Å². The Kier molecular flexibility index (Phi) is 9.31. The SMILES string of the molecule is C=C(C)CN1CCC(NC(=NC)NCCOCCS(C)(=O)=O)CC1. The van der Waals surface area contributed by atoms with E-state index >= 15 is 0 Å². The van der Waals surface area contributed by atoms with E-state index in [1.165, 1.54) is 11.8 Å². The Bertz CT molecular complexity index is 511. The number of sulfone groups is 1. The van der Waals surface area contributed by atoms with Gasteiger partial charge < -0.3 is 15.4 Å². The van der Waals surface area contributed by atoms with Gasteiger partial charge in [0.25, 0.3) is 0 Å². The standard InChI is InChI=1S/C16H32N4O3S/c1-14(2)13-20-8-5-15(6-9-20)19-16(17-3)18-7-10-23-11-12-24(4,21)22/h15H,1,5-13H2,2-4H3,(H2,17,18,19). The van der Waals surface area contributed by atoms with Crippen LogP contribution >= 0.6 is 0 Å². The van der Waals surface area contributed by atoms with Crippen LogP contribution < -0.4 is 10.6 Å². The van der Waals surface area contributed by atoms with Crippen LogP contribution in [-0.2, 0) is 14.6 Å². The molecule has 140 valence electrons. The molecule has 0 aromatic rings. The van der Waals surface area contributed by atoms with Crippen molar-refractivity contribution in [2.75, 3.05) is 58.4 Å². The van der Waals surface area contributed by atoms with Crippen LogP contribution in [0.25, 0.3) is 0 Å². The molecule has 1 heterocycles. The monoisotopic (exact) mass is 360 g/mol. The van der Waals surface area contributed by atoms with Crippen molar-refractivity contribution in [2.45, 2.75) is 25.8 Å². The third-order valence-corrected chi connectivity index (χ3v) is 4.69. The molecule has 1 aliphatic heterocycles. The molecular weight excluding hydrogens is 328 g/mol. The Morgan fingerprint density at radius 1 is 1.33 bits per heavy atom. The molecule has 0 amide bonds. The van der Waals surface area contributed by atoms with E-state index in [0.717, 1.165) is 38.4 Å². The number of rotatable bonds is 9. The van der Waals surface area contributed by atoms with Gasteiger partial charge in [0.05, 0.1) is 19.0 Å². The van der Waals surface area contributed by atoms with Gasteiger partial charge in [-0.3, -0.25) is 9.89 Å². The maximum Gasteiger partial charge on any atom is 0.191 e. The third-order valence-electron chi connectivity index (χ3n) is 3.78. The van der Waals surface area contributed by atoms with E-state index in [-0.39, 0.29) is 12.4 Å². The zero-order valence-corrected chi connectivity index (χ0v) is 16.0. The third kappa shape index (κ3) is 9.89. The number of ether oxygens (including phenoxy) is 1. The van der Waals surface area contributed by atoms with E-state index < -0.39 is 9.84 Å². The first-order valence-electron chi connectivity index (χ1n) is 8.39. The normalized spacial score (nSPS) is 17.7. The number of likely N-dealkylation sites (tertiary alicyclic amines) is 1. The van der Waals surface area contributed by atoms with Gasteiger partial charge >= 0.3 is 0 Å². The minimum Gasteiger partial charge on any atom is -0.379 e. The summed E-state index contributed by atoms with van der Waals surface area (Å²) in [4.78, 5) is 6.64. The summed E-state index contributed by atoms with van der Waals surface area (Å²) < 4.78 is 27.3. The summed E-state index contributed by atoms with van der Waals surface area (Å²) in [6.07, 6.45) is 3.37. The number of hydrogen-bond donors (Lipinski definition) is 2. The second kappa shape index (κ2) is 10.7. The number of piperidine rings is 1. The van der Waals surface area contributed by atoms with E-state index in [0.29, 0.717) is 19.2 Å². The van der Waals surface area contributed by atoms with Gasteiger partial charge in [-0.25, -0.2) is 8.42 Å². The van der Waals surface area contributed by atoms with Gasteiger partial charge in [-0.15, -0.1) is 0 Å². The average Bonchev–Trinajstić information content (AvgIpc) is 2.49. The second-order valence-corrected chi connectivity index (χ2v) is 8.65. The largest absolute Gasteiger partial charge is 0.379 e. The van der Waals surface area contributed by atoms with Gasteiger partial charge in [-0.2, -0.15) is 0 Å². The van der Waals surface area contributed by atoms with Crippen LogP contribution in [-0.4, -0.2) is 83.8 Å². The summed E-state index contributed by atoms with van der Waals surface area (Å²) in [5.41, 5.74) is 1.20. The van der Waals surface area contributed by atoms with Crippen molar-refractivity contribution in [1.29, 1.82) is 0 Å². The molecule has 8 heteroatoms. The Morgan fingerprint density at radius 3 is 2.54 bits per heavy atom. The summed E-state index contributed by atoms with van der Waals surface area (Å²) in [5.74, 6) is 0.822. The molecule has 0 aliphatic carbocycles. The minimum absolute atomic E-state index is 0.0583. The fraction of sp³-hybridized carbons (Fsp3) is 0.812. The topological polar surface area (TPSA) is 83.0 Å². The lowest BCUT2D eigenvalue weighted by atomic mass is 10.0. The van der Waals surface area contributed by atoms with Crippen LogP contribution in [0.3, 0.4) is 0 Å². The molecule has 7 nitrogen and oxygen atoms in total. The number of nitrogens with one attached hydrogen (secondary N) is 2. The van der Waals surface area contributed by atoms with Crippen molar-refractivity contribution in [2.24, 2.45) is 4.99 Å². The Morgan fingerprint density at radius 2 is 2.00 bits per heavy atom. The average molecular weight is 361 g/mol. The first kappa shape index (κ1) is 20.9. The Balaban J connectivity index is 2.16. The molecule has 0 saturated carbocycles. The van der Waals surface area contributed by atoms with E-state index in [1.807, 2.05) is 0 Å². The maximum atomic E-state index is 11.0. The summed E-state index contributed by atoms with van der Waals surface area (Å²) in [6, 6.07) is 0.420. The lowest BCUT2D eigenvalue weighted by Crippen LogP contribution is -2.49. The summed E-state index contributed by atoms with van der Waals surface area (Å²) in [7, 11) is -1.21. The smallest absolute Gasteiger partial charge is 0.191 e.